The molecule has 2 aromatic heterocycles. The summed E-state index contributed by atoms with van der Waals surface area (Å²) in [4.78, 5) is 8.91. The number of fused-ring (bicyclic) bond motifs is 1. The number of benzene rings is 1. The molecule has 0 radical (unpaired) electrons. The monoisotopic (exact) mass is 294 g/mol. The molecular formula is C18H18N2O2. The lowest BCUT2D eigenvalue weighted by atomic mass is 10.1. The van der Waals surface area contributed by atoms with E-state index in [0.717, 1.165) is 33.7 Å². The minimum atomic E-state index is 0.138. The van der Waals surface area contributed by atoms with Gasteiger partial charge in [0.2, 0.25) is 0 Å². The first kappa shape index (κ1) is 14.3. The zero-order valence-electron chi connectivity index (χ0n) is 12.9. The van der Waals surface area contributed by atoms with Crippen LogP contribution in [0.3, 0.4) is 0 Å². The molecule has 0 saturated heterocycles. The smallest absolute Gasteiger partial charge is 0.138 e. The molecule has 1 aromatic carbocycles. The normalized spacial score (nSPS) is 10.9. The first-order valence-corrected chi connectivity index (χ1v) is 7.22. The molecule has 3 rings (SSSR count). The number of hydrogen-bond acceptors (Lipinski definition) is 4. The highest BCUT2D eigenvalue weighted by Gasteiger charge is 2.05. The first-order valence-electron chi connectivity index (χ1n) is 7.22. The van der Waals surface area contributed by atoms with Gasteiger partial charge in [-0.05, 0) is 55.6 Å². The Labute approximate surface area is 129 Å². The minimum absolute atomic E-state index is 0.138. The van der Waals surface area contributed by atoms with Gasteiger partial charge in [0, 0.05) is 11.6 Å². The van der Waals surface area contributed by atoms with Gasteiger partial charge in [-0.15, -0.1) is 0 Å². The van der Waals surface area contributed by atoms with Crippen molar-refractivity contribution in [2.45, 2.75) is 20.0 Å². The summed E-state index contributed by atoms with van der Waals surface area (Å²) < 4.78 is 10.9. The summed E-state index contributed by atoms with van der Waals surface area (Å²) in [6, 6.07) is 11.8. The summed E-state index contributed by atoms with van der Waals surface area (Å²) in [6.07, 6.45) is 3.72. The quantitative estimate of drug-likeness (QED) is 0.727. The first-order chi connectivity index (χ1) is 10.7. The third-order valence-electron chi connectivity index (χ3n) is 3.30. The van der Waals surface area contributed by atoms with E-state index in [0.29, 0.717) is 0 Å². The molecule has 4 heteroatoms. The number of nitrogens with zero attached hydrogens (tertiary/aromatic N) is 2. The predicted octanol–water partition coefficient (Wildman–Crippen LogP) is 4.09. The largest absolute Gasteiger partial charge is 0.497 e. The number of methoxy groups -OCH3 is 1. The fourth-order valence-electron chi connectivity index (χ4n) is 2.26. The van der Waals surface area contributed by atoms with Crippen molar-refractivity contribution < 1.29 is 9.47 Å². The number of rotatable bonds is 4. The average Bonchev–Trinajstić information content (AvgIpc) is 2.54. The molecule has 112 valence electrons. The molecule has 0 spiro atoms. The van der Waals surface area contributed by atoms with Gasteiger partial charge < -0.3 is 9.47 Å². The fourth-order valence-corrected chi connectivity index (χ4v) is 2.26. The highest BCUT2D eigenvalue weighted by molar-refractivity contribution is 5.86. The summed E-state index contributed by atoms with van der Waals surface area (Å²) in [6.45, 7) is 3.98. The molecule has 0 bridgehead atoms. The van der Waals surface area contributed by atoms with Gasteiger partial charge in [-0.1, -0.05) is 0 Å². The lowest BCUT2D eigenvalue weighted by Gasteiger charge is -2.09. The molecule has 0 aliphatic heterocycles. The van der Waals surface area contributed by atoms with E-state index in [4.69, 9.17) is 9.47 Å². The highest BCUT2D eigenvalue weighted by atomic mass is 16.5. The Kier molecular flexibility index (Phi) is 3.92. The van der Waals surface area contributed by atoms with E-state index < -0.39 is 0 Å². The molecule has 0 atom stereocenters. The van der Waals surface area contributed by atoms with Crippen molar-refractivity contribution in [1.29, 1.82) is 0 Å². The van der Waals surface area contributed by atoms with Crippen molar-refractivity contribution in [2.75, 3.05) is 7.11 Å². The van der Waals surface area contributed by atoms with Crippen LogP contribution in [-0.4, -0.2) is 23.2 Å². The second-order valence-corrected chi connectivity index (χ2v) is 5.33. The van der Waals surface area contributed by atoms with E-state index >= 15 is 0 Å². The van der Waals surface area contributed by atoms with Crippen molar-refractivity contribution in [2.24, 2.45) is 0 Å². The van der Waals surface area contributed by atoms with Crippen LogP contribution in [0, 0.1) is 0 Å². The zero-order valence-corrected chi connectivity index (χ0v) is 12.9. The molecule has 2 heterocycles. The van der Waals surface area contributed by atoms with Crippen LogP contribution in [0.2, 0.25) is 0 Å². The maximum absolute atomic E-state index is 5.61. The van der Waals surface area contributed by atoms with Gasteiger partial charge >= 0.3 is 0 Å². The van der Waals surface area contributed by atoms with Crippen molar-refractivity contribution in [3.63, 3.8) is 0 Å². The van der Waals surface area contributed by atoms with Crippen LogP contribution in [0.15, 0.2) is 48.8 Å². The summed E-state index contributed by atoms with van der Waals surface area (Å²) in [5, 5.41) is 2.15. The maximum atomic E-state index is 5.61. The Morgan fingerprint density at radius 1 is 0.818 bits per heavy atom. The van der Waals surface area contributed by atoms with Crippen molar-refractivity contribution in [1.82, 2.24) is 9.97 Å². The summed E-state index contributed by atoms with van der Waals surface area (Å²) in [7, 11) is 1.66. The van der Waals surface area contributed by atoms with Gasteiger partial charge in [0.15, 0.2) is 0 Å². The second kappa shape index (κ2) is 6.02. The van der Waals surface area contributed by atoms with Gasteiger partial charge in [0.25, 0.3) is 0 Å². The van der Waals surface area contributed by atoms with E-state index in [1.165, 1.54) is 0 Å². The van der Waals surface area contributed by atoms with Crippen LogP contribution >= 0.6 is 0 Å². The lowest BCUT2D eigenvalue weighted by Crippen LogP contribution is -2.05. The number of ether oxygens (including phenoxy) is 2. The van der Waals surface area contributed by atoms with Crippen LogP contribution in [0.4, 0.5) is 0 Å². The molecule has 0 unspecified atom stereocenters. The van der Waals surface area contributed by atoms with E-state index in [2.05, 4.69) is 9.97 Å². The summed E-state index contributed by atoms with van der Waals surface area (Å²) in [5.74, 6) is 1.60. The SMILES string of the molecule is COc1ccc2cnc(-c3ccc(OC(C)C)cn3)cc2c1. The maximum Gasteiger partial charge on any atom is 0.138 e. The third kappa shape index (κ3) is 3.01. The Balaban J connectivity index is 1.95. The van der Waals surface area contributed by atoms with Crippen LogP contribution in [0.5, 0.6) is 11.5 Å². The molecule has 3 aromatic rings. The van der Waals surface area contributed by atoms with Crippen LogP contribution in [0.1, 0.15) is 13.8 Å². The highest BCUT2D eigenvalue weighted by Crippen LogP contribution is 2.25. The molecular weight excluding hydrogens is 276 g/mol. The zero-order chi connectivity index (χ0) is 15.5. The fraction of sp³-hybridized carbons (Fsp3) is 0.222. The van der Waals surface area contributed by atoms with Gasteiger partial charge in [-0.2, -0.15) is 0 Å². The van der Waals surface area contributed by atoms with Gasteiger partial charge in [0.1, 0.15) is 11.5 Å². The minimum Gasteiger partial charge on any atom is -0.497 e. The average molecular weight is 294 g/mol. The van der Waals surface area contributed by atoms with E-state index in [-0.39, 0.29) is 6.10 Å². The Morgan fingerprint density at radius 2 is 1.59 bits per heavy atom. The van der Waals surface area contributed by atoms with E-state index in [9.17, 15) is 0 Å². The Morgan fingerprint density at radius 3 is 2.27 bits per heavy atom. The second-order valence-electron chi connectivity index (χ2n) is 5.33. The standard InChI is InChI=1S/C18H18N2O2/c1-12(2)22-16-6-7-17(20-11-16)18-9-14-8-15(21-3)5-4-13(14)10-19-18/h4-12H,1-3H3. The molecule has 0 aliphatic carbocycles. The lowest BCUT2D eigenvalue weighted by molar-refractivity contribution is 0.241. The summed E-state index contributed by atoms with van der Waals surface area (Å²) in [5.41, 5.74) is 1.65. The van der Waals surface area contributed by atoms with E-state index in [1.807, 2.05) is 56.4 Å². The van der Waals surface area contributed by atoms with Crippen molar-refractivity contribution >= 4 is 10.8 Å². The number of pyridine rings is 2. The van der Waals surface area contributed by atoms with Gasteiger partial charge in [-0.25, -0.2) is 0 Å². The van der Waals surface area contributed by atoms with Crippen molar-refractivity contribution in [3.8, 4) is 22.9 Å². The topological polar surface area (TPSA) is 44.2 Å². The molecule has 0 saturated carbocycles. The van der Waals surface area contributed by atoms with Crippen LogP contribution in [0.25, 0.3) is 22.2 Å². The Bertz CT molecular complexity index is 783. The van der Waals surface area contributed by atoms with Crippen molar-refractivity contribution in [3.05, 3.63) is 48.8 Å². The number of hydrogen-bond donors (Lipinski definition) is 0. The molecule has 22 heavy (non-hydrogen) atoms. The number of aromatic nitrogens is 2. The molecule has 0 aliphatic rings. The molecule has 0 N–H and O–H groups in total. The molecule has 0 amide bonds. The molecule has 4 nitrogen and oxygen atoms in total. The third-order valence-corrected chi connectivity index (χ3v) is 3.30. The summed E-state index contributed by atoms with van der Waals surface area (Å²) >= 11 is 0. The Hall–Kier alpha value is -2.62. The van der Waals surface area contributed by atoms with Gasteiger partial charge in [0.05, 0.1) is 30.8 Å². The molecule has 0 fully saturated rings. The van der Waals surface area contributed by atoms with Gasteiger partial charge in [-0.3, -0.25) is 9.97 Å². The van der Waals surface area contributed by atoms with E-state index in [1.54, 1.807) is 13.3 Å². The van der Waals surface area contributed by atoms with Crippen LogP contribution in [-0.2, 0) is 0 Å². The predicted molar refractivity (Wildman–Crippen MR) is 87.3 cm³/mol. The van der Waals surface area contributed by atoms with Crippen LogP contribution < -0.4 is 9.47 Å².